The number of benzene rings is 2. The lowest BCUT2D eigenvalue weighted by Gasteiger charge is -2.35. The Morgan fingerprint density at radius 3 is 2.48 bits per heavy atom. The molecular weight excluding hydrogens is 424 g/mol. The van der Waals surface area contributed by atoms with Gasteiger partial charge in [-0.25, -0.2) is 9.97 Å². The first kappa shape index (κ1) is 20.2. The summed E-state index contributed by atoms with van der Waals surface area (Å²) in [7, 11) is 0. The second-order valence-corrected chi connectivity index (χ2v) is 8.93. The third kappa shape index (κ3) is 4.49. The molecule has 1 saturated heterocycles. The highest BCUT2D eigenvalue weighted by molar-refractivity contribution is 7.17. The maximum atomic E-state index is 6.09. The van der Waals surface area contributed by atoms with Crippen LogP contribution in [0.3, 0.4) is 0 Å². The van der Waals surface area contributed by atoms with Gasteiger partial charge < -0.3 is 4.90 Å². The molecule has 1 aliphatic heterocycles. The predicted octanol–water partition coefficient (Wildman–Crippen LogP) is 5.85. The van der Waals surface area contributed by atoms with Crippen LogP contribution in [-0.4, -0.2) is 47.6 Å². The van der Waals surface area contributed by atoms with Crippen molar-refractivity contribution in [2.24, 2.45) is 0 Å². The molecule has 0 unspecified atom stereocenters. The fourth-order valence-electron chi connectivity index (χ4n) is 3.99. The molecule has 156 valence electrons. The molecule has 3 heterocycles. The Kier molecular flexibility index (Phi) is 5.98. The largest absolute Gasteiger partial charge is 0.353 e. The molecule has 1 aliphatic rings. The van der Waals surface area contributed by atoms with Crippen molar-refractivity contribution in [2.75, 3.05) is 37.6 Å². The van der Waals surface area contributed by atoms with Crippen LogP contribution in [0.5, 0.6) is 0 Å². The van der Waals surface area contributed by atoms with Gasteiger partial charge in [-0.05, 0) is 23.3 Å². The van der Waals surface area contributed by atoms with E-state index in [4.69, 9.17) is 16.6 Å². The number of aromatic nitrogens is 2. The summed E-state index contributed by atoms with van der Waals surface area (Å²) in [6.07, 6.45) is 6.14. The van der Waals surface area contributed by atoms with Crippen LogP contribution < -0.4 is 4.90 Å². The van der Waals surface area contributed by atoms with E-state index in [1.54, 1.807) is 17.7 Å². The molecular formula is C25H23ClN4S. The maximum absolute atomic E-state index is 6.09. The van der Waals surface area contributed by atoms with Crippen molar-refractivity contribution in [1.82, 2.24) is 14.9 Å². The zero-order valence-corrected chi connectivity index (χ0v) is 18.7. The lowest BCUT2D eigenvalue weighted by atomic mass is 10.1. The minimum atomic E-state index is 0.747. The topological polar surface area (TPSA) is 32.3 Å². The summed E-state index contributed by atoms with van der Waals surface area (Å²) >= 11 is 7.76. The fraction of sp³-hybridized carbons (Fsp3) is 0.200. The standard InChI is InChI=1S/C25H23ClN4S/c26-21-10-8-20(9-11-21)22-17-31-25-23(22)24(27-18-28-25)30-15-13-29(14-16-30)12-4-7-19-5-2-1-3-6-19/h1-11,17-18H,12-16H2. The second kappa shape index (κ2) is 9.18. The Hall–Kier alpha value is -2.73. The van der Waals surface area contributed by atoms with E-state index in [2.05, 4.69) is 68.7 Å². The average Bonchev–Trinajstić information content (AvgIpc) is 3.25. The van der Waals surface area contributed by atoms with Crippen molar-refractivity contribution >= 4 is 45.0 Å². The first-order valence-corrected chi connectivity index (χ1v) is 11.7. The number of anilines is 1. The van der Waals surface area contributed by atoms with Crippen LogP contribution in [0.15, 0.2) is 72.4 Å². The molecule has 0 amide bonds. The number of thiophene rings is 1. The average molecular weight is 447 g/mol. The first-order valence-electron chi connectivity index (χ1n) is 10.4. The van der Waals surface area contributed by atoms with E-state index in [9.17, 15) is 0 Å². The highest BCUT2D eigenvalue weighted by Gasteiger charge is 2.22. The second-order valence-electron chi connectivity index (χ2n) is 7.63. The van der Waals surface area contributed by atoms with Gasteiger partial charge in [0.15, 0.2) is 0 Å². The van der Waals surface area contributed by atoms with E-state index < -0.39 is 0 Å². The van der Waals surface area contributed by atoms with Gasteiger partial charge in [0.05, 0.1) is 5.39 Å². The number of hydrogen-bond acceptors (Lipinski definition) is 5. The van der Waals surface area contributed by atoms with E-state index in [1.807, 2.05) is 18.2 Å². The molecule has 0 N–H and O–H groups in total. The van der Waals surface area contributed by atoms with Crippen LogP contribution in [0.1, 0.15) is 5.56 Å². The zero-order valence-electron chi connectivity index (χ0n) is 17.1. The predicted molar refractivity (Wildman–Crippen MR) is 132 cm³/mol. The number of fused-ring (bicyclic) bond motifs is 1. The van der Waals surface area contributed by atoms with Gasteiger partial charge in [-0.3, -0.25) is 4.90 Å². The van der Waals surface area contributed by atoms with E-state index >= 15 is 0 Å². The van der Waals surface area contributed by atoms with Gasteiger partial charge >= 0.3 is 0 Å². The van der Waals surface area contributed by atoms with Crippen LogP contribution in [0.2, 0.25) is 5.02 Å². The minimum Gasteiger partial charge on any atom is -0.353 e. The van der Waals surface area contributed by atoms with Crippen molar-refractivity contribution < 1.29 is 0 Å². The van der Waals surface area contributed by atoms with Crippen molar-refractivity contribution in [1.29, 1.82) is 0 Å². The summed E-state index contributed by atoms with van der Waals surface area (Å²) in [5, 5.41) is 4.07. The summed E-state index contributed by atoms with van der Waals surface area (Å²) in [6, 6.07) is 18.5. The van der Waals surface area contributed by atoms with Gasteiger partial charge in [0, 0.05) is 48.7 Å². The van der Waals surface area contributed by atoms with Crippen molar-refractivity contribution in [2.45, 2.75) is 0 Å². The van der Waals surface area contributed by atoms with Gasteiger partial charge in [0.2, 0.25) is 0 Å². The molecule has 5 rings (SSSR count). The van der Waals surface area contributed by atoms with Crippen LogP contribution in [-0.2, 0) is 0 Å². The van der Waals surface area contributed by atoms with Crippen molar-refractivity contribution in [3.05, 3.63) is 83.0 Å². The third-order valence-electron chi connectivity index (χ3n) is 5.65. The number of nitrogens with zero attached hydrogens (tertiary/aromatic N) is 4. The Bertz CT molecular complexity index is 1180. The molecule has 2 aromatic carbocycles. The molecule has 6 heteroatoms. The molecule has 31 heavy (non-hydrogen) atoms. The van der Waals surface area contributed by atoms with E-state index in [0.29, 0.717) is 0 Å². The van der Waals surface area contributed by atoms with Crippen LogP contribution in [0, 0.1) is 0 Å². The Morgan fingerprint density at radius 1 is 0.935 bits per heavy atom. The van der Waals surface area contributed by atoms with Gasteiger partial charge in [-0.2, -0.15) is 0 Å². The fourth-order valence-corrected chi connectivity index (χ4v) is 5.02. The normalized spacial score (nSPS) is 15.2. The van der Waals surface area contributed by atoms with Crippen LogP contribution >= 0.6 is 22.9 Å². The summed E-state index contributed by atoms with van der Waals surface area (Å²) < 4.78 is 0. The maximum Gasteiger partial charge on any atom is 0.141 e. The molecule has 0 radical (unpaired) electrons. The van der Waals surface area contributed by atoms with E-state index in [-0.39, 0.29) is 0 Å². The smallest absolute Gasteiger partial charge is 0.141 e. The third-order valence-corrected chi connectivity index (χ3v) is 6.79. The Labute approximate surface area is 191 Å². The van der Waals surface area contributed by atoms with E-state index in [0.717, 1.165) is 59.3 Å². The molecule has 0 spiro atoms. The number of piperazine rings is 1. The molecule has 2 aromatic heterocycles. The highest BCUT2D eigenvalue weighted by atomic mass is 35.5. The number of rotatable bonds is 5. The number of halogens is 1. The Morgan fingerprint density at radius 2 is 1.71 bits per heavy atom. The monoisotopic (exact) mass is 446 g/mol. The van der Waals surface area contributed by atoms with Gasteiger partial charge in [0.25, 0.3) is 0 Å². The summed E-state index contributed by atoms with van der Waals surface area (Å²) in [6.45, 7) is 4.93. The SMILES string of the molecule is Clc1ccc(-c2csc3ncnc(N4CCN(CC=Cc5ccccc5)CC4)c23)cc1. The molecule has 0 bridgehead atoms. The molecule has 4 nitrogen and oxygen atoms in total. The van der Waals surface area contributed by atoms with Crippen LogP contribution in [0.25, 0.3) is 27.4 Å². The lowest BCUT2D eigenvalue weighted by molar-refractivity contribution is 0.284. The molecule has 0 atom stereocenters. The molecule has 0 aliphatic carbocycles. The number of hydrogen-bond donors (Lipinski definition) is 0. The van der Waals surface area contributed by atoms with Gasteiger partial charge in [0.1, 0.15) is 17.0 Å². The highest BCUT2D eigenvalue weighted by Crippen LogP contribution is 2.38. The molecule has 4 aromatic rings. The first-order chi connectivity index (χ1) is 15.3. The summed E-state index contributed by atoms with van der Waals surface area (Å²) in [5.74, 6) is 1.04. The van der Waals surface area contributed by atoms with Gasteiger partial charge in [-0.15, -0.1) is 11.3 Å². The van der Waals surface area contributed by atoms with Crippen LogP contribution in [0.4, 0.5) is 5.82 Å². The summed E-state index contributed by atoms with van der Waals surface area (Å²) in [4.78, 5) is 15.1. The lowest BCUT2D eigenvalue weighted by Crippen LogP contribution is -2.46. The molecule has 0 saturated carbocycles. The molecule has 1 fully saturated rings. The van der Waals surface area contributed by atoms with Gasteiger partial charge in [-0.1, -0.05) is 66.2 Å². The quantitative estimate of drug-likeness (QED) is 0.385. The minimum absolute atomic E-state index is 0.747. The van der Waals surface area contributed by atoms with Crippen molar-refractivity contribution in [3.8, 4) is 11.1 Å². The summed E-state index contributed by atoms with van der Waals surface area (Å²) in [5.41, 5.74) is 3.58. The van der Waals surface area contributed by atoms with Crippen molar-refractivity contribution in [3.63, 3.8) is 0 Å². The Balaban J connectivity index is 1.31. The zero-order chi connectivity index (χ0) is 21.0. The van der Waals surface area contributed by atoms with E-state index in [1.165, 1.54) is 11.1 Å².